The molecular weight excluding hydrogens is 174 g/mol. The molecule has 0 aromatic carbocycles. The Morgan fingerprint density at radius 2 is 1.93 bits per heavy atom. The molecular formula is C12H19NO. The zero-order valence-corrected chi connectivity index (χ0v) is 9.01. The summed E-state index contributed by atoms with van der Waals surface area (Å²) in [5.41, 5.74) is 2.96. The lowest BCUT2D eigenvalue weighted by molar-refractivity contribution is -0.130. The molecule has 0 spiro atoms. The van der Waals surface area contributed by atoms with Crippen molar-refractivity contribution < 1.29 is 4.79 Å². The number of hydrogen-bond donors (Lipinski definition) is 0. The van der Waals surface area contributed by atoms with Crippen molar-refractivity contribution in [1.29, 1.82) is 0 Å². The molecule has 0 atom stereocenters. The fourth-order valence-corrected chi connectivity index (χ4v) is 2.57. The van der Waals surface area contributed by atoms with Gasteiger partial charge in [-0.15, -0.1) is 0 Å². The van der Waals surface area contributed by atoms with E-state index in [0.29, 0.717) is 5.91 Å². The monoisotopic (exact) mass is 193 g/mol. The number of amides is 1. The van der Waals surface area contributed by atoms with Gasteiger partial charge < -0.3 is 4.90 Å². The second-order valence-corrected chi connectivity index (χ2v) is 4.30. The van der Waals surface area contributed by atoms with Crippen LogP contribution in [0.4, 0.5) is 0 Å². The second-order valence-electron chi connectivity index (χ2n) is 4.30. The molecule has 2 rings (SSSR count). The molecule has 0 fully saturated rings. The van der Waals surface area contributed by atoms with Gasteiger partial charge in [-0.2, -0.15) is 0 Å². The van der Waals surface area contributed by atoms with Crippen LogP contribution in [-0.2, 0) is 4.79 Å². The maximum absolute atomic E-state index is 11.7. The van der Waals surface area contributed by atoms with Crippen LogP contribution in [-0.4, -0.2) is 17.4 Å². The number of carbonyl (C=O) groups is 1. The van der Waals surface area contributed by atoms with Crippen molar-refractivity contribution >= 4 is 5.91 Å². The Kier molecular flexibility index (Phi) is 2.90. The van der Waals surface area contributed by atoms with E-state index in [-0.39, 0.29) is 0 Å². The summed E-state index contributed by atoms with van der Waals surface area (Å²) in [5, 5.41) is 0. The number of hydrogen-bond acceptors (Lipinski definition) is 1. The molecule has 0 aromatic heterocycles. The smallest absolute Gasteiger partial charge is 0.227 e. The molecule has 1 aliphatic carbocycles. The summed E-state index contributed by atoms with van der Waals surface area (Å²) in [4.78, 5) is 13.8. The highest BCUT2D eigenvalue weighted by atomic mass is 16.2. The normalized spacial score (nSPS) is 22.6. The molecule has 14 heavy (non-hydrogen) atoms. The second kappa shape index (κ2) is 4.16. The molecule has 1 aliphatic heterocycles. The molecule has 1 heterocycles. The Labute approximate surface area is 86.0 Å². The average molecular weight is 193 g/mol. The molecule has 0 saturated carbocycles. The van der Waals surface area contributed by atoms with Gasteiger partial charge in [0.05, 0.1) is 0 Å². The van der Waals surface area contributed by atoms with Crippen LogP contribution in [0, 0.1) is 0 Å². The minimum absolute atomic E-state index is 0.354. The molecule has 2 nitrogen and oxygen atoms in total. The first-order valence-electron chi connectivity index (χ1n) is 5.84. The summed E-state index contributed by atoms with van der Waals surface area (Å²) in [6, 6.07) is 0. The maximum Gasteiger partial charge on any atom is 0.227 e. The van der Waals surface area contributed by atoms with Crippen LogP contribution in [0.3, 0.4) is 0 Å². The number of nitrogens with zero attached hydrogens (tertiary/aromatic N) is 1. The number of allylic oxidation sites excluding steroid dienone is 2. The molecule has 0 bridgehead atoms. The van der Waals surface area contributed by atoms with Crippen molar-refractivity contribution in [3.63, 3.8) is 0 Å². The van der Waals surface area contributed by atoms with E-state index in [1.165, 1.54) is 25.0 Å². The fraction of sp³-hybridized carbons (Fsp3) is 0.750. The van der Waals surface area contributed by atoms with Crippen molar-refractivity contribution in [2.24, 2.45) is 0 Å². The Bertz CT molecular complexity index is 267. The third kappa shape index (κ3) is 1.70. The molecule has 0 unspecified atom stereocenters. The van der Waals surface area contributed by atoms with Crippen LogP contribution in [0.5, 0.6) is 0 Å². The molecule has 2 heteroatoms. The lowest BCUT2D eigenvalue weighted by atomic mass is 9.89. The van der Waals surface area contributed by atoms with Gasteiger partial charge in [0.15, 0.2) is 0 Å². The Balaban J connectivity index is 2.21. The molecule has 1 amide bonds. The van der Waals surface area contributed by atoms with Crippen LogP contribution in [0.2, 0.25) is 0 Å². The standard InChI is InChI=1S/C12H19NO/c1-2-9-13-11-6-4-3-5-10(11)7-8-12(13)14/h2-9H2,1H3. The summed E-state index contributed by atoms with van der Waals surface area (Å²) in [6.45, 7) is 3.07. The Morgan fingerprint density at radius 3 is 2.71 bits per heavy atom. The summed E-state index contributed by atoms with van der Waals surface area (Å²) in [7, 11) is 0. The average Bonchev–Trinajstić information content (AvgIpc) is 2.23. The topological polar surface area (TPSA) is 20.3 Å². The van der Waals surface area contributed by atoms with E-state index < -0.39 is 0 Å². The van der Waals surface area contributed by atoms with Crippen LogP contribution >= 0.6 is 0 Å². The Morgan fingerprint density at radius 1 is 1.14 bits per heavy atom. The summed E-state index contributed by atoms with van der Waals surface area (Å²) in [5.74, 6) is 0.354. The third-order valence-electron chi connectivity index (χ3n) is 3.26. The molecule has 0 N–H and O–H groups in total. The van der Waals surface area contributed by atoms with Gasteiger partial charge in [-0.25, -0.2) is 0 Å². The fourth-order valence-electron chi connectivity index (χ4n) is 2.57. The van der Waals surface area contributed by atoms with Gasteiger partial charge in [-0.3, -0.25) is 4.79 Å². The van der Waals surface area contributed by atoms with E-state index in [1.54, 1.807) is 5.57 Å². The lowest BCUT2D eigenvalue weighted by Gasteiger charge is -2.34. The Hall–Kier alpha value is -0.790. The first-order chi connectivity index (χ1) is 6.83. The van der Waals surface area contributed by atoms with Crippen molar-refractivity contribution in [2.45, 2.75) is 51.9 Å². The molecule has 2 aliphatic rings. The minimum atomic E-state index is 0.354. The van der Waals surface area contributed by atoms with Crippen molar-refractivity contribution in [3.8, 4) is 0 Å². The first kappa shape index (κ1) is 9.75. The van der Waals surface area contributed by atoms with Gasteiger partial charge in [0, 0.05) is 18.7 Å². The lowest BCUT2D eigenvalue weighted by Crippen LogP contribution is -2.35. The zero-order valence-electron chi connectivity index (χ0n) is 9.01. The highest BCUT2D eigenvalue weighted by molar-refractivity contribution is 5.80. The summed E-state index contributed by atoms with van der Waals surface area (Å²) in [6.07, 6.45) is 7.83. The van der Waals surface area contributed by atoms with Crippen LogP contribution < -0.4 is 0 Å². The van der Waals surface area contributed by atoms with Crippen molar-refractivity contribution in [1.82, 2.24) is 4.90 Å². The SMILES string of the molecule is CCCN1C(=O)CCC2=C1CCCC2. The van der Waals surface area contributed by atoms with E-state index in [1.807, 2.05) is 0 Å². The van der Waals surface area contributed by atoms with Gasteiger partial charge in [0.25, 0.3) is 0 Å². The van der Waals surface area contributed by atoms with Crippen LogP contribution in [0.15, 0.2) is 11.3 Å². The van der Waals surface area contributed by atoms with Crippen molar-refractivity contribution in [3.05, 3.63) is 11.3 Å². The van der Waals surface area contributed by atoms with Gasteiger partial charge in [0.1, 0.15) is 0 Å². The predicted octanol–water partition coefficient (Wildman–Crippen LogP) is 2.85. The van der Waals surface area contributed by atoms with Gasteiger partial charge >= 0.3 is 0 Å². The predicted molar refractivity (Wildman–Crippen MR) is 56.7 cm³/mol. The molecule has 0 saturated heterocycles. The largest absolute Gasteiger partial charge is 0.316 e. The highest BCUT2D eigenvalue weighted by Gasteiger charge is 2.26. The number of carbonyl (C=O) groups excluding carboxylic acids is 1. The van der Waals surface area contributed by atoms with Crippen molar-refractivity contribution in [2.75, 3.05) is 6.54 Å². The molecule has 0 aromatic rings. The summed E-state index contributed by atoms with van der Waals surface area (Å²) < 4.78 is 0. The maximum atomic E-state index is 11.7. The van der Waals surface area contributed by atoms with E-state index in [0.717, 1.165) is 32.2 Å². The van der Waals surface area contributed by atoms with Crippen LogP contribution in [0.25, 0.3) is 0 Å². The van der Waals surface area contributed by atoms with E-state index in [9.17, 15) is 4.79 Å². The molecule has 78 valence electrons. The van der Waals surface area contributed by atoms with E-state index >= 15 is 0 Å². The minimum Gasteiger partial charge on any atom is -0.316 e. The highest BCUT2D eigenvalue weighted by Crippen LogP contribution is 2.34. The van der Waals surface area contributed by atoms with E-state index in [2.05, 4.69) is 11.8 Å². The zero-order chi connectivity index (χ0) is 9.97. The van der Waals surface area contributed by atoms with E-state index in [4.69, 9.17) is 0 Å². The quantitative estimate of drug-likeness (QED) is 0.660. The third-order valence-corrected chi connectivity index (χ3v) is 3.26. The summed E-state index contributed by atoms with van der Waals surface area (Å²) >= 11 is 0. The first-order valence-corrected chi connectivity index (χ1v) is 5.84. The van der Waals surface area contributed by atoms with Gasteiger partial charge in [0.2, 0.25) is 5.91 Å². The van der Waals surface area contributed by atoms with Gasteiger partial charge in [-0.05, 0) is 38.5 Å². The molecule has 0 radical (unpaired) electrons. The van der Waals surface area contributed by atoms with Crippen LogP contribution in [0.1, 0.15) is 51.9 Å². The van der Waals surface area contributed by atoms with Gasteiger partial charge in [-0.1, -0.05) is 12.5 Å². The number of rotatable bonds is 2.